The molecule has 1 aromatic heterocycles. The topological polar surface area (TPSA) is 58.6 Å². The third-order valence-electron chi connectivity index (χ3n) is 2.85. The molecule has 1 aliphatic rings. The normalized spacial score (nSPS) is 15.1. The van der Waals surface area contributed by atoms with E-state index in [9.17, 15) is 4.79 Å². The van der Waals surface area contributed by atoms with E-state index in [2.05, 4.69) is 20.8 Å². The van der Waals surface area contributed by atoms with Gasteiger partial charge in [-0.2, -0.15) is 0 Å². The molecule has 2 heterocycles. The van der Waals surface area contributed by atoms with Crippen LogP contribution in [-0.2, 0) is 4.79 Å². The third kappa shape index (κ3) is 2.51. The lowest BCUT2D eigenvalue weighted by Crippen LogP contribution is -2.48. The molecule has 1 amide bonds. The quantitative estimate of drug-likeness (QED) is 0.674. The summed E-state index contributed by atoms with van der Waals surface area (Å²) < 4.78 is 5.05. The van der Waals surface area contributed by atoms with E-state index in [4.69, 9.17) is 11.2 Å². The lowest BCUT2D eigenvalue weighted by Gasteiger charge is -2.34. The first-order valence-corrected chi connectivity index (χ1v) is 5.61. The fraction of sp³-hybridized carbons (Fsp3) is 0.417. The molecule has 1 aromatic rings. The van der Waals surface area contributed by atoms with Crippen LogP contribution in [0.1, 0.15) is 0 Å². The summed E-state index contributed by atoms with van der Waals surface area (Å²) in [5.41, 5.74) is 0. The number of carbonyl (C=O) groups is 1. The second kappa shape index (κ2) is 5.36. The minimum absolute atomic E-state index is 0.255. The largest absolute Gasteiger partial charge is 0.481 e. The number of hydrogen-bond donors (Lipinski definition) is 0. The molecular formula is C12H14N4O2. The molecule has 0 unspecified atom stereocenters. The van der Waals surface area contributed by atoms with Gasteiger partial charge in [-0.1, -0.05) is 0 Å². The highest BCUT2D eigenvalue weighted by Gasteiger charge is 2.20. The Balaban J connectivity index is 2.01. The molecule has 0 saturated carbocycles. The van der Waals surface area contributed by atoms with Gasteiger partial charge in [0.1, 0.15) is 12.1 Å². The first-order chi connectivity index (χ1) is 8.74. The summed E-state index contributed by atoms with van der Waals surface area (Å²) in [6, 6.07) is 1.78. The zero-order valence-corrected chi connectivity index (χ0v) is 10.2. The van der Waals surface area contributed by atoms with Crippen LogP contribution in [0, 0.1) is 12.3 Å². The Hall–Kier alpha value is -2.29. The van der Waals surface area contributed by atoms with Gasteiger partial charge in [-0.25, -0.2) is 9.97 Å². The molecule has 0 bridgehead atoms. The number of aromatic nitrogens is 2. The van der Waals surface area contributed by atoms with Crippen molar-refractivity contribution >= 4 is 11.7 Å². The van der Waals surface area contributed by atoms with Crippen LogP contribution >= 0.6 is 0 Å². The van der Waals surface area contributed by atoms with Crippen molar-refractivity contribution in [1.82, 2.24) is 14.9 Å². The number of piperazine rings is 1. The van der Waals surface area contributed by atoms with E-state index in [1.54, 1.807) is 18.1 Å². The molecular weight excluding hydrogens is 232 g/mol. The van der Waals surface area contributed by atoms with Gasteiger partial charge in [0, 0.05) is 32.2 Å². The van der Waals surface area contributed by atoms with E-state index in [0.717, 1.165) is 5.82 Å². The van der Waals surface area contributed by atoms with Crippen molar-refractivity contribution in [3.05, 3.63) is 12.4 Å². The number of methoxy groups -OCH3 is 1. The first kappa shape index (κ1) is 12.2. The van der Waals surface area contributed by atoms with E-state index in [-0.39, 0.29) is 5.91 Å². The number of nitrogens with zero attached hydrogens (tertiary/aromatic N) is 4. The SMILES string of the molecule is C#CC(=O)N1CCN(c2cc(OC)ncn2)CC1. The van der Waals surface area contributed by atoms with Crippen molar-refractivity contribution in [2.75, 3.05) is 38.2 Å². The molecule has 0 radical (unpaired) electrons. The Bertz CT molecular complexity index is 475. The summed E-state index contributed by atoms with van der Waals surface area (Å²) in [7, 11) is 1.57. The molecule has 0 aromatic carbocycles. The Labute approximate surface area is 106 Å². The van der Waals surface area contributed by atoms with Crippen molar-refractivity contribution in [3.8, 4) is 18.2 Å². The van der Waals surface area contributed by atoms with Gasteiger partial charge in [-0.05, 0) is 5.92 Å². The lowest BCUT2D eigenvalue weighted by molar-refractivity contribution is -0.125. The van der Waals surface area contributed by atoms with Gasteiger partial charge < -0.3 is 14.5 Å². The van der Waals surface area contributed by atoms with Crippen molar-refractivity contribution in [3.63, 3.8) is 0 Å². The maximum atomic E-state index is 11.3. The molecule has 0 aliphatic carbocycles. The van der Waals surface area contributed by atoms with Crippen LogP contribution in [0.4, 0.5) is 5.82 Å². The number of carbonyl (C=O) groups excluding carboxylic acids is 1. The van der Waals surface area contributed by atoms with Crippen LogP contribution in [-0.4, -0.2) is 54.1 Å². The molecule has 1 aliphatic heterocycles. The number of rotatable bonds is 2. The van der Waals surface area contributed by atoms with Gasteiger partial charge >= 0.3 is 0 Å². The fourth-order valence-electron chi connectivity index (χ4n) is 1.84. The Morgan fingerprint density at radius 3 is 2.72 bits per heavy atom. The number of terminal acetylenes is 1. The van der Waals surface area contributed by atoms with E-state index < -0.39 is 0 Å². The molecule has 0 N–H and O–H groups in total. The van der Waals surface area contributed by atoms with E-state index in [1.165, 1.54) is 6.33 Å². The maximum absolute atomic E-state index is 11.3. The zero-order chi connectivity index (χ0) is 13.0. The minimum Gasteiger partial charge on any atom is -0.481 e. The second-order valence-electron chi connectivity index (χ2n) is 3.84. The highest BCUT2D eigenvalue weighted by Crippen LogP contribution is 2.17. The monoisotopic (exact) mass is 246 g/mol. The third-order valence-corrected chi connectivity index (χ3v) is 2.85. The van der Waals surface area contributed by atoms with Crippen LogP contribution in [0.3, 0.4) is 0 Å². The lowest BCUT2D eigenvalue weighted by atomic mass is 10.3. The van der Waals surface area contributed by atoms with Crippen molar-refractivity contribution in [1.29, 1.82) is 0 Å². The first-order valence-electron chi connectivity index (χ1n) is 5.61. The van der Waals surface area contributed by atoms with Gasteiger partial charge in [0.05, 0.1) is 7.11 Å². The number of amides is 1. The Morgan fingerprint density at radius 1 is 1.39 bits per heavy atom. The molecule has 18 heavy (non-hydrogen) atoms. The molecule has 2 rings (SSSR count). The minimum atomic E-state index is -0.255. The predicted molar refractivity (Wildman–Crippen MR) is 66.2 cm³/mol. The summed E-state index contributed by atoms with van der Waals surface area (Å²) in [5.74, 6) is 3.21. The van der Waals surface area contributed by atoms with Crippen LogP contribution in [0.5, 0.6) is 5.88 Å². The van der Waals surface area contributed by atoms with Crippen LogP contribution in [0.25, 0.3) is 0 Å². The highest BCUT2D eigenvalue weighted by atomic mass is 16.5. The smallest absolute Gasteiger partial charge is 0.298 e. The summed E-state index contributed by atoms with van der Waals surface area (Å²) in [6.45, 7) is 2.62. The van der Waals surface area contributed by atoms with Gasteiger partial charge in [-0.3, -0.25) is 4.79 Å². The standard InChI is InChI=1S/C12H14N4O2/c1-3-12(17)16-6-4-15(5-7-16)10-8-11(18-2)14-9-13-10/h1,8-9H,4-7H2,2H3. The Morgan fingerprint density at radius 2 is 2.11 bits per heavy atom. The number of anilines is 1. The summed E-state index contributed by atoms with van der Waals surface area (Å²) in [4.78, 5) is 23.2. The van der Waals surface area contributed by atoms with Gasteiger partial charge in [0.25, 0.3) is 5.91 Å². The highest BCUT2D eigenvalue weighted by molar-refractivity contribution is 5.93. The van der Waals surface area contributed by atoms with Gasteiger partial charge in [0.15, 0.2) is 0 Å². The zero-order valence-electron chi connectivity index (χ0n) is 10.2. The Kier molecular flexibility index (Phi) is 3.63. The second-order valence-corrected chi connectivity index (χ2v) is 3.84. The number of hydrogen-bond acceptors (Lipinski definition) is 5. The van der Waals surface area contributed by atoms with Crippen molar-refractivity contribution in [2.45, 2.75) is 0 Å². The van der Waals surface area contributed by atoms with E-state index in [0.29, 0.717) is 32.1 Å². The molecule has 6 nitrogen and oxygen atoms in total. The van der Waals surface area contributed by atoms with Crippen LogP contribution in [0.2, 0.25) is 0 Å². The summed E-state index contributed by atoms with van der Waals surface area (Å²) in [6.07, 6.45) is 6.56. The molecule has 6 heteroatoms. The molecule has 1 fully saturated rings. The molecule has 1 saturated heterocycles. The van der Waals surface area contributed by atoms with Crippen LogP contribution < -0.4 is 9.64 Å². The summed E-state index contributed by atoms with van der Waals surface area (Å²) >= 11 is 0. The number of ether oxygens (including phenoxy) is 1. The molecule has 94 valence electrons. The van der Waals surface area contributed by atoms with Gasteiger partial charge in [-0.15, -0.1) is 6.42 Å². The van der Waals surface area contributed by atoms with E-state index in [1.807, 2.05) is 0 Å². The average Bonchev–Trinajstić information content (AvgIpc) is 2.46. The predicted octanol–water partition coefficient (Wildman–Crippen LogP) is -0.233. The molecule has 0 atom stereocenters. The average molecular weight is 246 g/mol. The fourth-order valence-corrected chi connectivity index (χ4v) is 1.84. The van der Waals surface area contributed by atoms with Gasteiger partial charge in [0.2, 0.25) is 5.88 Å². The molecule has 0 spiro atoms. The maximum Gasteiger partial charge on any atom is 0.298 e. The van der Waals surface area contributed by atoms with Crippen LogP contribution in [0.15, 0.2) is 12.4 Å². The summed E-state index contributed by atoms with van der Waals surface area (Å²) in [5, 5.41) is 0. The van der Waals surface area contributed by atoms with Crippen molar-refractivity contribution < 1.29 is 9.53 Å². The van der Waals surface area contributed by atoms with Crippen molar-refractivity contribution in [2.24, 2.45) is 0 Å². The van der Waals surface area contributed by atoms with E-state index >= 15 is 0 Å².